The highest BCUT2D eigenvalue weighted by Gasteiger charge is 2.31. The maximum absolute atomic E-state index is 13.8. The molecule has 0 unspecified atom stereocenters. The van der Waals surface area contributed by atoms with E-state index in [2.05, 4.69) is 15.3 Å². The zero-order valence-corrected chi connectivity index (χ0v) is 25.7. The number of carbonyl (C=O) groups is 3. The summed E-state index contributed by atoms with van der Waals surface area (Å²) in [5, 5.41) is 2.99. The van der Waals surface area contributed by atoms with Crippen LogP contribution in [0.1, 0.15) is 28.5 Å². The lowest BCUT2D eigenvalue weighted by molar-refractivity contribution is -0.134. The molecule has 1 N–H and O–H groups in total. The van der Waals surface area contributed by atoms with Crippen LogP contribution in [0.5, 0.6) is 5.75 Å². The van der Waals surface area contributed by atoms with E-state index >= 15 is 0 Å². The monoisotopic (exact) mass is 627 g/mol. The Bertz CT molecular complexity index is 1600. The van der Waals surface area contributed by atoms with Gasteiger partial charge in [0.1, 0.15) is 29.2 Å². The molecule has 232 valence electrons. The average molecular weight is 628 g/mol. The molecule has 1 fully saturated rings. The zero-order chi connectivity index (χ0) is 31.6. The average Bonchev–Trinajstić information content (AvgIpc) is 3.08. The molecule has 3 amide bonds. The van der Waals surface area contributed by atoms with Crippen LogP contribution < -0.4 is 10.1 Å². The maximum atomic E-state index is 13.8. The summed E-state index contributed by atoms with van der Waals surface area (Å²) in [5.41, 5.74) is 2.63. The van der Waals surface area contributed by atoms with Gasteiger partial charge in [-0.3, -0.25) is 9.59 Å². The fourth-order valence-electron chi connectivity index (χ4n) is 4.93. The smallest absolute Gasteiger partial charge is 0.409 e. The normalized spacial score (nSPS) is 13.6. The van der Waals surface area contributed by atoms with Gasteiger partial charge in [0.05, 0.1) is 6.61 Å². The van der Waals surface area contributed by atoms with Gasteiger partial charge in [0, 0.05) is 44.2 Å². The van der Waals surface area contributed by atoms with Crippen molar-refractivity contribution in [1.29, 1.82) is 0 Å². The molecule has 0 radical (unpaired) electrons. The molecular weight excluding hydrogens is 594 g/mol. The fraction of sp³-hybridized carbons (Fsp3) is 0.265. The molecule has 0 saturated carbocycles. The van der Waals surface area contributed by atoms with Crippen molar-refractivity contribution < 1.29 is 23.9 Å². The summed E-state index contributed by atoms with van der Waals surface area (Å²) in [4.78, 5) is 51.5. The van der Waals surface area contributed by atoms with E-state index in [4.69, 9.17) is 21.1 Å². The molecule has 1 aliphatic heterocycles. The first kappa shape index (κ1) is 31.5. The van der Waals surface area contributed by atoms with Crippen molar-refractivity contribution in [1.82, 2.24) is 25.1 Å². The number of ether oxygens (including phenoxy) is 2. The van der Waals surface area contributed by atoms with Gasteiger partial charge in [-0.05, 0) is 30.2 Å². The minimum absolute atomic E-state index is 0.0449. The number of nitrogens with one attached hydrogen (secondary N) is 1. The summed E-state index contributed by atoms with van der Waals surface area (Å²) in [7, 11) is 0. The second kappa shape index (κ2) is 15.2. The minimum atomic E-state index is -0.906. The lowest BCUT2D eigenvalue weighted by atomic mass is 10.0. The van der Waals surface area contributed by atoms with Gasteiger partial charge in [-0.1, -0.05) is 84.4 Å². The van der Waals surface area contributed by atoms with Gasteiger partial charge >= 0.3 is 6.09 Å². The van der Waals surface area contributed by atoms with E-state index in [1.807, 2.05) is 84.9 Å². The minimum Gasteiger partial charge on any atom is -0.489 e. The Hall–Kier alpha value is -4.96. The van der Waals surface area contributed by atoms with Crippen LogP contribution in [-0.4, -0.2) is 76.5 Å². The highest BCUT2D eigenvalue weighted by atomic mass is 35.5. The van der Waals surface area contributed by atoms with E-state index in [-0.39, 0.29) is 29.8 Å². The highest BCUT2D eigenvalue weighted by Crippen LogP contribution is 2.20. The number of aromatic nitrogens is 2. The van der Waals surface area contributed by atoms with E-state index in [0.29, 0.717) is 49.9 Å². The summed E-state index contributed by atoms with van der Waals surface area (Å²) in [5.74, 6) is 0.175. The van der Waals surface area contributed by atoms with Gasteiger partial charge < -0.3 is 24.6 Å². The summed E-state index contributed by atoms with van der Waals surface area (Å²) in [6.07, 6.45) is -0.176. The molecule has 11 heteroatoms. The third kappa shape index (κ3) is 8.57. The number of hydrogen-bond donors (Lipinski definition) is 1. The molecule has 1 aliphatic rings. The van der Waals surface area contributed by atoms with Crippen molar-refractivity contribution in [2.75, 3.05) is 32.8 Å². The van der Waals surface area contributed by atoms with Crippen LogP contribution in [0, 0.1) is 0 Å². The second-order valence-electron chi connectivity index (χ2n) is 10.4. The lowest BCUT2D eigenvalue weighted by Crippen LogP contribution is -2.56. The van der Waals surface area contributed by atoms with Crippen molar-refractivity contribution in [3.63, 3.8) is 0 Å². The number of nitrogens with zero attached hydrogens (tertiary/aromatic N) is 4. The molecule has 10 nitrogen and oxygen atoms in total. The molecule has 1 saturated heterocycles. The molecule has 2 heterocycles. The van der Waals surface area contributed by atoms with Crippen molar-refractivity contribution in [3.8, 4) is 17.1 Å². The van der Waals surface area contributed by atoms with Crippen LogP contribution in [0.4, 0.5) is 4.79 Å². The third-order valence-corrected chi connectivity index (χ3v) is 7.49. The van der Waals surface area contributed by atoms with Crippen LogP contribution in [0.25, 0.3) is 11.4 Å². The van der Waals surface area contributed by atoms with Crippen LogP contribution >= 0.6 is 11.6 Å². The standard InChI is InChI=1S/C34H34ClN5O5/c1-2-44-34(43)40-19-17-39(18-20-40)33(42)29(21-24-13-15-27(16-14-24)45-23-25-9-5-3-6-10-25)37-32(41)28-22-30(35)38-31(36-28)26-11-7-4-8-12-26/h3-16,22,29H,2,17-21,23H2,1H3,(H,37,41)/t29-/m0/s1. The van der Waals surface area contributed by atoms with Crippen LogP contribution in [0.2, 0.25) is 5.15 Å². The summed E-state index contributed by atoms with van der Waals surface area (Å²) in [6.45, 7) is 3.76. The van der Waals surface area contributed by atoms with Gasteiger partial charge in [0.25, 0.3) is 5.91 Å². The van der Waals surface area contributed by atoms with E-state index < -0.39 is 18.0 Å². The molecule has 1 aromatic heterocycles. The number of amides is 3. The van der Waals surface area contributed by atoms with Crippen LogP contribution in [-0.2, 0) is 22.6 Å². The second-order valence-corrected chi connectivity index (χ2v) is 10.8. The Morgan fingerprint density at radius 1 is 0.844 bits per heavy atom. The summed E-state index contributed by atoms with van der Waals surface area (Å²) in [6, 6.07) is 27.0. The molecule has 45 heavy (non-hydrogen) atoms. The maximum Gasteiger partial charge on any atom is 0.409 e. The highest BCUT2D eigenvalue weighted by molar-refractivity contribution is 6.29. The van der Waals surface area contributed by atoms with Gasteiger partial charge in [0.15, 0.2) is 5.82 Å². The first-order chi connectivity index (χ1) is 21.9. The Balaban J connectivity index is 1.32. The Morgan fingerprint density at radius 2 is 1.49 bits per heavy atom. The summed E-state index contributed by atoms with van der Waals surface area (Å²) < 4.78 is 11.0. The van der Waals surface area contributed by atoms with Gasteiger partial charge in [-0.2, -0.15) is 0 Å². The number of piperazine rings is 1. The number of rotatable bonds is 10. The van der Waals surface area contributed by atoms with Gasteiger partial charge in [-0.15, -0.1) is 0 Å². The molecule has 5 rings (SSSR count). The molecule has 0 spiro atoms. The molecule has 1 atom stereocenters. The molecule has 0 aliphatic carbocycles. The van der Waals surface area contributed by atoms with E-state index in [9.17, 15) is 14.4 Å². The third-order valence-electron chi connectivity index (χ3n) is 7.29. The predicted molar refractivity (Wildman–Crippen MR) is 170 cm³/mol. The van der Waals surface area contributed by atoms with Crippen molar-refractivity contribution in [2.24, 2.45) is 0 Å². The first-order valence-electron chi connectivity index (χ1n) is 14.8. The quantitative estimate of drug-likeness (QED) is 0.246. The largest absolute Gasteiger partial charge is 0.489 e. The predicted octanol–water partition coefficient (Wildman–Crippen LogP) is 5.02. The van der Waals surface area contributed by atoms with Gasteiger partial charge in [-0.25, -0.2) is 14.8 Å². The van der Waals surface area contributed by atoms with E-state index in [1.165, 1.54) is 6.07 Å². The topological polar surface area (TPSA) is 114 Å². The zero-order valence-electron chi connectivity index (χ0n) is 24.9. The Kier molecular flexibility index (Phi) is 10.6. The Morgan fingerprint density at radius 3 is 2.16 bits per heavy atom. The summed E-state index contributed by atoms with van der Waals surface area (Å²) >= 11 is 6.28. The van der Waals surface area contributed by atoms with Crippen molar-refractivity contribution in [3.05, 3.63) is 113 Å². The van der Waals surface area contributed by atoms with Crippen molar-refractivity contribution in [2.45, 2.75) is 26.0 Å². The molecule has 0 bridgehead atoms. The lowest BCUT2D eigenvalue weighted by Gasteiger charge is -2.36. The Labute approximate surface area is 266 Å². The molecule has 3 aromatic carbocycles. The van der Waals surface area contributed by atoms with Crippen LogP contribution in [0.15, 0.2) is 91.0 Å². The van der Waals surface area contributed by atoms with E-state index in [0.717, 1.165) is 11.1 Å². The van der Waals surface area contributed by atoms with Gasteiger partial charge in [0.2, 0.25) is 5.91 Å². The number of hydrogen-bond acceptors (Lipinski definition) is 7. The SMILES string of the molecule is CCOC(=O)N1CCN(C(=O)[C@H](Cc2ccc(OCc3ccccc3)cc2)NC(=O)c2cc(Cl)nc(-c3ccccc3)n2)CC1. The number of benzene rings is 3. The fourth-order valence-corrected chi connectivity index (χ4v) is 5.11. The number of carbonyl (C=O) groups excluding carboxylic acids is 3. The first-order valence-corrected chi connectivity index (χ1v) is 15.1. The molecular formula is C34H34ClN5O5. The van der Waals surface area contributed by atoms with Crippen LogP contribution in [0.3, 0.4) is 0 Å². The number of halogens is 1. The molecule has 4 aromatic rings. The van der Waals surface area contributed by atoms with Crippen molar-refractivity contribution >= 4 is 29.5 Å². The van der Waals surface area contributed by atoms with E-state index in [1.54, 1.807) is 16.7 Å².